The zero-order valence-electron chi connectivity index (χ0n) is 8.23. The minimum absolute atomic E-state index is 0.116. The molecule has 1 unspecified atom stereocenters. The monoisotopic (exact) mass is 213 g/mol. The van der Waals surface area contributed by atoms with Crippen LogP contribution in [-0.4, -0.2) is 8.76 Å². The Labute approximate surface area is 86.6 Å². The lowest BCUT2D eigenvalue weighted by Crippen LogP contribution is -2.01. The van der Waals surface area contributed by atoms with E-state index in [1.807, 2.05) is 24.3 Å². The lowest BCUT2D eigenvalue weighted by Gasteiger charge is -2.13. The van der Waals surface area contributed by atoms with Gasteiger partial charge in [0.2, 0.25) is 0 Å². The van der Waals surface area contributed by atoms with Crippen LogP contribution in [0.3, 0.4) is 0 Å². The molecule has 1 rings (SSSR count). The Morgan fingerprint density at radius 2 is 2.07 bits per heavy atom. The van der Waals surface area contributed by atoms with Crippen molar-refractivity contribution >= 4 is 11.4 Å². The molecule has 0 saturated heterocycles. The van der Waals surface area contributed by atoms with Gasteiger partial charge in [-0.1, -0.05) is 38.1 Å². The summed E-state index contributed by atoms with van der Waals surface area (Å²) in [6.45, 7) is 4.24. The van der Waals surface area contributed by atoms with Gasteiger partial charge in [-0.15, -0.1) is 0 Å². The topological polar surface area (TPSA) is 49.4 Å². The quantitative estimate of drug-likeness (QED) is 0.720. The normalized spacial score (nSPS) is 13.1. The number of rotatable bonds is 4. The van der Waals surface area contributed by atoms with E-state index in [0.717, 1.165) is 11.1 Å². The van der Waals surface area contributed by atoms with Gasteiger partial charge in [0.25, 0.3) is 0 Å². The Kier molecular flexibility index (Phi) is 4.25. The van der Waals surface area contributed by atoms with Gasteiger partial charge in [-0.2, -0.15) is 0 Å². The highest BCUT2D eigenvalue weighted by atomic mass is 32.2. The molecule has 0 amide bonds. The van der Waals surface area contributed by atoms with Crippen molar-refractivity contribution in [1.82, 2.24) is 0 Å². The molecule has 3 nitrogen and oxygen atoms in total. The van der Waals surface area contributed by atoms with Crippen LogP contribution in [0, 0.1) is 0 Å². The van der Waals surface area contributed by atoms with Crippen molar-refractivity contribution < 1.29 is 12.9 Å². The van der Waals surface area contributed by atoms with Crippen LogP contribution in [-0.2, 0) is 22.2 Å². The molecule has 4 heteroatoms. The molecule has 1 aromatic rings. The summed E-state index contributed by atoms with van der Waals surface area (Å²) in [7, 11) is 0. The number of benzene rings is 1. The van der Waals surface area contributed by atoms with Gasteiger partial charge in [0.1, 0.15) is 0 Å². The molecular weight excluding hydrogens is 200 g/mol. The Hall–Kier alpha value is -0.710. The lowest BCUT2D eigenvalue weighted by molar-refractivity contribution is 0.289. The average Bonchev–Trinajstić information content (AvgIpc) is 2.15. The van der Waals surface area contributed by atoms with E-state index in [2.05, 4.69) is 18.0 Å². The molecular formula is C10H13O3S-. The van der Waals surface area contributed by atoms with Gasteiger partial charge in [0, 0.05) is 0 Å². The molecule has 0 aliphatic rings. The van der Waals surface area contributed by atoms with Gasteiger partial charge in [0.05, 0.1) is 18.0 Å². The smallest absolute Gasteiger partial charge is 0.0882 e. The third-order valence-electron chi connectivity index (χ3n) is 1.99. The summed E-state index contributed by atoms with van der Waals surface area (Å²) in [5.74, 6) is 0.370. The molecule has 1 atom stereocenters. The minimum atomic E-state index is -2.44. The van der Waals surface area contributed by atoms with Crippen LogP contribution in [0.1, 0.15) is 30.9 Å². The molecule has 0 aliphatic carbocycles. The van der Waals surface area contributed by atoms with Crippen molar-refractivity contribution in [3.8, 4) is 0 Å². The van der Waals surface area contributed by atoms with Crippen LogP contribution in [0.15, 0.2) is 24.3 Å². The van der Waals surface area contributed by atoms with Gasteiger partial charge in [-0.05, 0) is 17.0 Å². The maximum absolute atomic E-state index is 10.2. The fraction of sp³-hybridized carbons (Fsp3) is 0.400. The second-order valence-electron chi connectivity index (χ2n) is 3.32. The summed E-state index contributed by atoms with van der Waals surface area (Å²) in [5, 5.41) is 0. The van der Waals surface area contributed by atoms with Crippen LogP contribution in [0.25, 0.3) is 0 Å². The van der Waals surface area contributed by atoms with E-state index < -0.39 is 11.4 Å². The summed E-state index contributed by atoms with van der Waals surface area (Å²) in [6, 6.07) is 7.67. The highest BCUT2D eigenvalue weighted by Gasteiger charge is 2.05. The third kappa shape index (κ3) is 3.21. The van der Waals surface area contributed by atoms with Gasteiger partial charge in [0.15, 0.2) is 0 Å². The van der Waals surface area contributed by atoms with E-state index in [0.29, 0.717) is 5.92 Å². The summed E-state index contributed by atoms with van der Waals surface area (Å²) < 4.78 is 25.0. The summed E-state index contributed by atoms with van der Waals surface area (Å²) >= 11 is -2.44. The second-order valence-corrected chi connectivity index (χ2v) is 3.96. The highest BCUT2D eigenvalue weighted by Crippen LogP contribution is 2.19. The van der Waals surface area contributed by atoms with Crippen LogP contribution >= 0.6 is 0 Å². The molecule has 1 aromatic carbocycles. The second kappa shape index (κ2) is 5.24. The first-order valence-corrected chi connectivity index (χ1v) is 5.41. The summed E-state index contributed by atoms with van der Waals surface area (Å²) in [4.78, 5) is 0. The van der Waals surface area contributed by atoms with Crippen molar-refractivity contribution in [1.29, 1.82) is 0 Å². The standard InChI is InChI=1S/C10H14O3S/c1-8(2)10-6-4-3-5-9(10)7-13-14(11)12/h3-6,8H,7H2,1-2H3,(H,11,12)/p-1. The predicted octanol–water partition coefficient (Wildman–Crippen LogP) is 2.12. The fourth-order valence-electron chi connectivity index (χ4n) is 1.34. The van der Waals surface area contributed by atoms with Gasteiger partial charge in [-0.3, -0.25) is 4.18 Å². The molecule has 0 fully saturated rings. The zero-order valence-corrected chi connectivity index (χ0v) is 9.04. The number of hydrogen-bond donors (Lipinski definition) is 0. The van der Waals surface area contributed by atoms with E-state index in [9.17, 15) is 8.76 Å². The van der Waals surface area contributed by atoms with Crippen LogP contribution in [0.4, 0.5) is 0 Å². The van der Waals surface area contributed by atoms with Crippen molar-refractivity contribution in [2.75, 3.05) is 0 Å². The Balaban J connectivity index is 2.79. The Morgan fingerprint density at radius 1 is 1.43 bits per heavy atom. The molecule has 0 heterocycles. The molecule has 78 valence electrons. The Morgan fingerprint density at radius 3 is 2.64 bits per heavy atom. The first-order valence-electron chi connectivity index (χ1n) is 4.41. The number of hydrogen-bond acceptors (Lipinski definition) is 3. The third-order valence-corrected chi connectivity index (χ3v) is 2.30. The maximum Gasteiger partial charge on any atom is 0.0882 e. The van der Waals surface area contributed by atoms with Crippen molar-refractivity contribution in [2.24, 2.45) is 0 Å². The van der Waals surface area contributed by atoms with Crippen molar-refractivity contribution in [2.45, 2.75) is 26.4 Å². The highest BCUT2D eigenvalue weighted by molar-refractivity contribution is 7.74. The molecule has 0 aliphatic heterocycles. The molecule has 0 bridgehead atoms. The maximum atomic E-state index is 10.2. The van der Waals surface area contributed by atoms with Crippen LogP contribution in [0.5, 0.6) is 0 Å². The van der Waals surface area contributed by atoms with Crippen molar-refractivity contribution in [3.05, 3.63) is 35.4 Å². The molecule has 0 N–H and O–H groups in total. The van der Waals surface area contributed by atoms with Crippen molar-refractivity contribution in [3.63, 3.8) is 0 Å². The SMILES string of the molecule is CC(C)c1ccccc1COS(=O)[O-]. The average molecular weight is 213 g/mol. The summed E-state index contributed by atoms with van der Waals surface area (Å²) in [6.07, 6.45) is 0. The van der Waals surface area contributed by atoms with E-state index in [1.54, 1.807) is 0 Å². The summed E-state index contributed by atoms with van der Waals surface area (Å²) in [5.41, 5.74) is 2.05. The van der Waals surface area contributed by atoms with E-state index in [-0.39, 0.29) is 6.61 Å². The zero-order chi connectivity index (χ0) is 10.6. The van der Waals surface area contributed by atoms with Crippen LogP contribution < -0.4 is 0 Å². The predicted molar refractivity (Wildman–Crippen MR) is 54.2 cm³/mol. The molecule has 0 radical (unpaired) electrons. The van der Waals surface area contributed by atoms with E-state index in [4.69, 9.17) is 0 Å². The fourth-order valence-corrected chi connectivity index (χ4v) is 1.56. The van der Waals surface area contributed by atoms with Gasteiger partial charge >= 0.3 is 0 Å². The van der Waals surface area contributed by atoms with E-state index >= 15 is 0 Å². The largest absolute Gasteiger partial charge is 0.750 e. The molecule has 14 heavy (non-hydrogen) atoms. The van der Waals surface area contributed by atoms with Gasteiger partial charge < -0.3 is 4.55 Å². The molecule has 0 aromatic heterocycles. The lowest BCUT2D eigenvalue weighted by atomic mass is 9.98. The van der Waals surface area contributed by atoms with Gasteiger partial charge in [-0.25, -0.2) is 4.21 Å². The molecule has 0 spiro atoms. The van der Waals surface area contributed by atoms with E-state index in [1.165, 1.54) is 0 Å². The molecule has 0 saturated carbocycles. The Bertz CT molecular complexity index is 323. The first-order chi connectivity index (χ1) is 6.61. The minimum Gasteiger partial charge on any atom is -0.750 e. The first kappa shape index (κ1) is 11.4. The van der Waals surface area contributed by atoms with Crippen LogP contribution in [0.2, 0.25) is 0 Å².